The Balaban J connectivity index is 1.48. The first-order valence-electron chi connectivity index (χ1n) is 8.86. The molecule has 1 aromatic heterocycles. The van der Waals surface area contributed by atoms with E-state index in [2.05, 4.69) is 65.5 Å². The van der Waals surface area contributed by atoms with E-state index in [9.17, 15) is 4.79 Å². The van der Waals surface area contributed by atoms with Crippen molar-refractivity contribution in [2.24, 2.45) is 0 Å². The van der Waals surface area contributed by atoms with Gasteiger partial charge < -0.3 is 9.88 Å². The second-order valence-electron chi connectivity index (χ2n) is 6.62. The van der Waals surface area contributed by atoms with Crippen molar-refractivity contribution in [3.05, 3.63) is 59.8 Å². The molecule has 0 bridgehead atoms. The van der Waals surface area contributed by atoms with Crippen LogP contribution in [-0.2, 0) is 13.0 Å². The summed E-state index contributed by atoms with van der Waals surface area (Å²) >= 11 is 3.64. The summed E-state index contributed by atoms with van der Waals surface area (Å²) in [5.74, 6) is 0.0204. The van der Waals surface area contributed by atoms with Gasteiger partial charge in [-0.2, -0.15) is 0 Å². The molecule has 0 fully saturated rings. The topological polar surface area (TPSA) is 34.0 Å². The Morgan fingerprint density at radius 2 is 2.08 bits per heavy atom. The Hall–Kier alpha value is -1.85. The molecular weight excluding hydrogens is 360 g/mol. The molecule has 1 aliphatic rings. The molecule has 26 heavy (non-hydrogen) atoms. The Kier molecular flexibility index (Phi) is 5.00. The van der Waals surface area contributed by atoms with Gasteiger partial charge in [0.25, 0.3) is 5.91 Å². The summed E-state index contributed by atoms with van der Waals surface area (Å²) in [6.07, 6.45) is 2.92. The summed E-state index contributed by atoms with van der Waals surface area (Å²) in [7, 11) is 0. The van der Waals surface area contributed by atoms with E-state index in [1.54, 1.807) is 11.8 Å². The van der Waals surface area contributed by atoms with Gasteiger partial charge >= 0.3 is 0 Å². The first-order chi connectivity index (χ1) is 12.7. The SMILES string of the molecule is CSc1ccc(CCNC(=O)c2cc3cccc4c3n2C[C@H](C)S4)cc1. The fraction of sp³-hybridized carbons (Fsp3) is 0.286. The van der Waals surface area contributed by atoms with Gasteiger partial charge in [0.2, 0.25) is 0 Å². The summed E-state index contributed by atoms with van der Waals surface area (Å²) in [6, 6.07) is 16.9. The minimum atomic E-state index is 0.0204. The maximum absolute atomic E-state index is 12.8. The lowest BCUT2D eigenvalue weighted by atomic mass is 10.1. The third kappa shape index (κ3) is 3.38. The molecule has 3 nitrogen and oxygen atoms in total. The zero-order valence-corrected chi connectivity index (χ0v) is 16.6. The third-order valence-electron chi connectivity index (χ3n) is 4.74. The molecule has 0 radical (unpaired) electrons. The van der Waals surface area contributed by atoms with Crippen LogP contribution in [0.25, 0.3) is 10.9 Å². The van der Waals surface area contributed by atoms with E-state index in [1.807, 2.05) is 17.8 Å². The van der Waals surface area contributed by atoms with Crippen LogP contribution in [0.1, 0.15) is 23.0 Å². The van der Waals surface area contributed by atoms with Crippen LogP contribution in [0.3, 0.4) is 0 Å². The molecule has 1 amide bonds. The number of amides is 1. The van der Waals surface area contributed by atoms with E-state index in [4.69, 9.17) is 0 Å². The Bertz CT molecular complexity index is 947. The molecule has 1 atom stereocenters. The van der Waals surface area contributed by atoms with E-state index in [0.717, 1.165) is 24.0 Å². The highest BCUT2D eigenvalue weighted by molar-refractivity contribution is 8.00. The number of rotatable bonds is 5. The first-order valence-corrected chi connectivity index (χ1v) is 11.0. The lowest BCUT2D eigenvalue weighted by molar-refractivity contribution is 0.0945. The fourth-order valence-electron chi connectivity index (χ4n) is 3.48. The van der Waals surface area contributed by atoms with Gasteiger partial charge in [0.15, 0.2) is 0 Å². The average Bonchev–Trinajstić information content (AvgIpc) is 3.02. The zero-order chi connectivity index (χ0) is 18.1. The number of aromatic nitrogens is 1. The number of carbonyl (C=O) groups excluding carboxylic acids is 1. The lowest BCUT2D eigenvalue weighted by Crippen LogP contribution is -2.29. The minimum Gasteiger partial charge on any atom is -0.350 e. The van der Waals surface area contributed by atoms with Crippen molar-refractivity contribution < 1.29 is 4.79 Å². The van der Waals surface area contributed by atoms with Crippen molar-refractivity contribution in [3.63, 3.8) is 0 Å². The van der Waals surface area contributed by atoms with Crippen LogP contribution in [0.2, 0.25) is 0 Å². The molecule has 2 aromatic carbocycles. The molecule has 1 aliphatic heterocycles. The summed E-state index contributed by atoms with van der Waals surface area (Å²) < 4.78 is 2.19. The van der Waals surface area contributed by atoms with E-state index >= 15 is 0 Å². The molecule has 0 aliphatic carbocycles. The van der Waals surface area contributed by atoms with Gasteiger partial charge in [-0.3, -0.25) is 4.79 Å². The van der Waals surface area contributed by atoms with Crippen molar-refractivity contribution in [3.8, 4) is 0 Å². The number of nitrogens with zero attached hydrogens (tertiary/aromatic N) is 1. The summed E-state index contributed by atoms with van der Waals surface area (Å²) in [4.78, 5) is 15.3. The van der Waals surface area contributed by atoms with Crippen LogP contribution in [-0.4, -0.2) is 28.5 Å². The highest BCUT2D eigenvalue weighted by atomic mass is 32.2. The summed E-state index contributed by atoms with van der Waals surface area (Å²) in [5.41, 5.74) is 3.22. The maximum Gasteiger partial charge on any atom is 0.267 e. The van der Waals surface area contributed by atoms with Crippen LogP contribution in [0.5, 0.6) is 0 Å². The molecular formula is C21H22N2OS2. The average molecular weight is 383 g/mol. The van der Waals surface area contributed by atoms with Crippen LogP contribution >= 0.6 is 23.5 Å². The molecule has 3 aromatic rings. The summed E-state index contributed by atoms with van der Waals surface area (Å²) in [5, 5.41) is 4.72. The normalized spacial score (nSPS) is 16.0. The van der Waals surface area contributed by atoms with Crippen LogP contribution in [0, 0.1) is 0 Å². The molecule has 0 saturated carbocycles. The number of hydrogen-bond acceptors (Lipinski definition) is 3. The largest absolute Gasteiger partial charge is 0.350 e. The zero-order valence-electron chi connectivity index (χ0n) is 15.0. The monoisotopic (exact) mass is 382 g/mol. The quantitative estimate of drug-likeness (QED) is 0.642. The molecule has 134 valence electrons. The number of benzene rings is 2. The summed E-state index contributed by atoms with van der Waals surface area (Å²) in [6.45, 7) is 3.74. The van der Waals surface area contributed by atoms with Crippen LogP contribution in [0.4, 0.5) is 0 Å². The predicted molar refractivity (Wildman–Crippen MR) is 112 cm³/mol. The van der Waals surface area contributed by atoms with Crippen molar-refractivity contribution in [2.75, 3.05) is 12.8 Å². The maximum atomic E-state index is 12.8. The third-order valence-corrected chi connectivity index (χ3v) is 6.62. The minimum absolute atomic E-state index is 0.0204. The Morgan fingerprint density at radius 1 is 1.27 bits per heavy atom. The smallest absolute Gasteiger partial charge is 0.267 e. The number of hydrogen-bond donors (Lipinski definition) is 1. The highest BCUT2D eigenvalue weighted by Gasteiger charge is 2.23. The van der Waals surface area contributed by atoms with Crippen molar-refractivity contribution in [1.29, 1.82) is 0 Å². The number of nitrogens with one attached hydrogen (secondary N) is 1. The van der Waals surface area contributed by atoms with Gasteiger partial charge in [-0.15, -0.1) is 23.5 Å². The molecule has 1 N–H and O–H groups in total. The van der Waals surface area contributed by atoms with Crippen molar-refractivity contribution in [2.45, 2.75) is 34.9 Å². The molecule has 0 unspecified atom stereocenters. The van der Waals surface area contributed by atoms with Gasteiger partial charge in [0, 0.05) is 33.5 Å². The highest BCUT2D eigenvalue weighted by Crippen LogP contribution is 2.38. The second-order valence-corrected chi connectivity index (χ2v) is 8.98. The fourth-order valence-corrected chi connectivity index (χ4v) is 5.04. The van der Waals surface area contributed by atoms with E-state index in [1.165, 1.54) is 20.9 Å². The van der Waals surface area contributed by atoms with Gasteiger partial charge in [-0.25, -0.2) is 0 Å². The van der Waals surface area contributed by atoms with E-state index in [0.29, 0.717) is 11.8 Å². The molecule has 2 heterocycles. The second kappa shape index (κ2) is 7.41. The Labute approximate surface area is 162 Å². The molecule has 0 saturated heterocycles. The lowest BCUT2D eigenvalue weighted by Gasteiger charge is -2.22. The van der Waals surface area contributed by atoms with Crippen LogP contribution in [0.15, 0.2) is 58.3 Å². The Morgan fingerprint density at radius 3 is 2.85 bits per heavy atom. The van der Waals surface area contributed by atoms with Gasteiger partial charge in [-0.05, 0) is 42.5 Å². The molecule has 5 heteroatoms. The van der Waals surface area contributed by atoms with Gasteiger partial charge in [0.05, 0.1) is 5.52 Å². The number of thioether (sulfide) groups is 2. The van der Waals surface area contributed by atoms with Crippen molar-refractivity contribution >= 4 is 40.3 Å². The van der Waals surface area contributed by atoms with E-state index in [-0.39, 0.29) is 5.91 Å². The standard InChI is InChI=1S/C21H22N2OS2/c1-14-13-23-18(12-16-4-3-5-19(26-14)20(16)23)21(24)22-11-10-15-6-8-17(25-2)9-7-15/h3-9,12,14H,10-11,13H2,1-2H3,(H,22,24)/t14-/m0/s1. The van der Waals surface area contributed by atoms with E-state index < -0.39 is 0 Å². The van der Waals surface area contributed by atoms with Crippen molar-refractivity contribution in [1.82, 2.24) is 9.88 Å². The number of carbonyl (C=O) groups is 1. The first kappa shape index (κ1) is 17.6. The van der Waals surface area contributed by atoms with Gasteiger partial charge in [0.1, 0.15) is 5.69 Å². The van der Waals surface area contributed by atoms with Gasteiger partial charge in [-0.1, -0.05) is 31.2 Å². The molecule has 0 spiro atoms. The number of para-hydroxylation sites is 1. The van der Waals surface area contributed by atoms with Crippen LogP contribution < -0.4 is 5.32 Å². The molecule has 4 rings (SSSR count). The predicted octanol–water partition coefficient (Wildman–Crippen LogP) is 4.83.